The number of aryl methyl sites for hydroxylation is 2. The lowest BCUT2D eigenvalue weighted by molar-refractivity contribution is 0.0728. The maximum absolute atomic E-state index is 13.0. The van der Waals surface area contributed by atoms with Crippen molar-refractivity contribution in [1.82, 2.24) is 9.47 Å². The normalized spacial score (nSPS) is 17.0. The Morgan fingerprint density at radius 3 is 2.85 bits per heavy atom. The highest BCUT2D eigenvalue weighted by molar-refractivity contribution is 5.98. The van der Waals surface area contributed by atoms with Crippen molar-refractivity contribution in [3.63, 3.8) is 0 Å². The summed E-state index contributed by atoms with van der Waals surface area (Å²) in [6.45, 7) is 1.26. The number of hydrogen-bond donors (Lipinski definition) is 0. The zero-order valence-electron chi connectivity index (χ0n) is 15.1. The van der Waals surface area contributed by atoms with Crippen molar-refractivity contribution >= 4 is 16.8 Å². The van der Waals surface area contributed by atoms with E-state index in [-0.39, 0.29) is 23.0 Å². The second-order valence-corrected chi connectivity index (χ2v) is 7.37. The molecule has 0 N–H and O–H groups in total. The highest BCUT2D eigenvalue weighted by Crippen LogP contribution is 2.28. The molecule has 0 fully saturated rings. The molecule has 0 radical (unpaired) electrons. The van der Waals surface area contributed by atoms with Crippen LogP contribution in [0.5, 0.6) is 5.75 Å². The van der Waals surface area contributed by atoms with Gasteiger partial charge in [0.15, 0.2) is 0 Å². The minimum absolute atomic E-state index is 0.0821. The smallest absolute Gasteiger partial charge is 0.259 e. The van der Waals surface area contributed by atoms with E-state index in [0.29, 0.717) is 11.9 Å². The Labute approximate surface area is 156 Å². The van der Waals surface area contributed by atoms with Gasteiger partial charge in [-0.25, -0.2) is 0 Å². The summed E-state index contributed by atoms with van der Waals surface area (Å²) in [5.41, 5.74) is 3.36. The molecule has 2 aromatic carbocycles. The van der Waals surface area contributed by atoms with Gasteiger partial charge in [-0.1, -0.05) is 30.3 Å². The van der Waals surface area contributed by atoms with Gasteiger partial charge in [-0.2, -0.15) is 0 Å². The van der Waals surface area contributed by atoms with Crippen molar-refractivity contribution in [2.45, 2.75) is 25.5 Å². The molecule has 2 aliphatic heterocycles. The molecule has 0 saturated heterocycles. The summed E-state index contributed by atoms with van der Waals surface area (Å²) in [5, 5.41) is 0.633. The van der Waals surface area contributed by atoms with Crippen LogP contribution in [-0.4, -0.2) is 35.1 Å². The monoisotopic (exact) mass is 360 g/mol. The van der Waals surface area contributed by atoms with Crippen molar-refractivity contribution in [3.8, 4) is 5.75 Å². The molecule has 0 aliphatic carbocycles. The fourth-order valence-electron chi connectivity index (χ4n) is 4.26. The van der Waals surface area contributed by atoms with Crippen molar-refractivity contribution in [2.75, 3.05) is 13.6 Å². The Balaban J connectivity index is 1.42. The summed E-state index contributed by atoms with van der Waals surface area (Å²) in [6, 6.07) is 13.7. The molecule has 3 heterocycles. The van der Waals surface area contributed by atoms with Gasteiger partial charge in [0, 0.05) is 31.6 Å². The molecule has 1 atom stereocenters. The third-order valence-electron chi connectivity index (χ3n) is 5.57. The lowest BCUT2D eigenvalue weighted by Crippen LogP contribution is -2.38. The molecule has 1 aromatic heterocycles. The molecular formula is C22H20N2O3. The number of nitrogens with zero attached hydrogens (tertiary/aromatic N) is 2. The number of carbonyl (C=O) groups excluding carboxylic acids is 1. The average molecular weight is 360 g/mol. The first kappa shape index (κ1) is 16.1. The fraction of sp³-hybridized carbons (Fsp3) is 0.273. The number of likely N-dealkylation sites (N-methyl/N-ethyl adjacent to an activating group) is 1. The summed E-state index contributed by atoms with van der Waals surface area (Å²) in [4.78, 5) is 27.5. The van der Waals surface area contributed by atoms with E-state index in [4.69, 9.17) is 4.74 Å². The second-order valence-electron chi connectivity index (χ2n) is 7.37. The molecule has 0 bridgehead atoms. The number of aromatic nitrogens is 1. The van der Waals surface area contributed by atoms with Crippen LogP contribution in [0, 0.1) is 0 Å². The van der Waals surface area contributed by atoms with E-state index in [1.807, 2.05) is 47.0 Å². The Morgan fingerprint density at radius 1 is 1.19 bits per heavy atom. The van der Waals surface area contributed by atoms with Crippen LogP contribution < -0.4 is 10.2 Å². The maximum atomic E-state index is 13.0. The van der Waals surface area contributed by atoms with Crippen LogP contribution in [0.3, 0.4) is 0 Å². The number of amides is 1. The number of benzene rings is 2. The number of pyridine rings is 1. The van der Waals surface area contributed by atoms with Gasteiger partial charge in [-0.3, -0.25) is 9.59 Å². The maximum Gasteiger partial charge on any atom is 0.259 e. The molecule has 0 unspecified atom stereocenters. The highest BCUT2D eigenvalue weighted by Gasteiger charge is 2.27. The first-order valence-corrected chi connectivity index (χ1v) is 9.27. The van der Waals surface area contributed by atoms with Crippen molar-refractivity contribution in [1.29, 1.82) is 0 Å². The Morgan fingerprint density at radius 2 is 2.00 bits per heavy atom. The standard InChI is InChI=1S/C22H20N2O3/c1-23(12-16-11-15-5-2-3-8-19(15)27-16)22(26)18-13-24-10-9-14-6-4-7-17(20(14)24)21(18)25/h2-8,13,16H,9-12H2,1H3/t16-/m0/s1. The fourth-order valence-corrected chi connectivity index (χ4v) is 4.26. The summed E-state index contributed by atoms with van der Waals surface area (Å²) >= 11 is 0. The summed E-state index contributed by atoms with van der Waals surface area (Å²) in [7, 11) is 1.73. The minimum atomic E-state index is -0.248. The number of carbonyl (C=O) groups is 1. The van der Waals surface area contributed by atoms with Crippen LogP contribution in [0.25, 0.3) is 10.9 Å². The van der Waals surface area contributed by atoms with E-state index in [0.717, 1.165) is 36.2 Å². The molecule has 0 spiro atoms. The molecule has 27 heavy (non-hydrogen) atoms. The quantitative estimate of drug-likeness (QED) is 0.722. The van der Waals surface area contributed by atoms with Gasteiger partial charge in [0.25, 0.3) is 5.91 Å². The van der Waals surface area contributed by atoms with E-state index in [2.05, 4.69) is 0 Å². The van der Waals surface area contributed by atoms with Gasteiger partial charge < -0.3 is 14.2 Å². The molecule has 0 saturated carbocycles. The number of para-hydroxylation sites is 2. The number of hydrogen-bond acceptors (Lipinski definition) is 3. The van der Waals surface area contributed by atoms with Crippen LogP contribution in [-0.2, 0) is 19.4 Å². The third kappa shape index (κ3) is 2.53. The first-order valence-electron chi connectivity index (χ1n) is 9.27. The van der Waals surface area contributed by atoms with E-state index < -0.39 is 0 Å². The van der Waals surface area contributed by atoms with Gasteiger partial charge in [0.2, 0.25) is 5.43 Å². The van der Waals surface area contributed by atoms with Gasteiger partial charge in [-0.05, 0) is 29.7 Å². The van der Waals surface area contributed by atoms with E-state index in [9.17, 15) is 9.59 Å². The van der Waals surface area contributed by atoms with Crippen molar-refractivity contribution in [2.24, 2.45) is 0 Å². The Hall–Kier alpha value is -3.08. The van der Waals surface area contributed by atoms with E-state index in [1.54, 1.807) is 18.1 Å². The topological polar surface area (TPSA) is 51.5 Å². The summed E-state index contributed by atoms with van der Waals surface area (Å²) < 4.78 is 7.98. The molecule has 1 amide bonds. The van der Waals surface area contributed by atoms with Crippen LogP contribution >= 0.6 is 0 Å². The second kappa shape index (κ2) is 5.98. The summed E-state index contributed by atoms with van der Waals surface area (Å²) in [5.74, 6) is 0.636. The zero-order valence-corrected chi connectivity index (χ0v) is 15.1. The van der Waals surface area contributed by atoms with Crippen LogP contribution in [0.15, 0.2) is 53.5 Å². The molecule has 5 nitrogen and oxygen atoms in total. The molecule has 136 valence electrons. The van der Waals surface area contributed by atoms with Crippen molar-refractivity contribution < 1.29 is 9.53 Å². The van der Waals surface area contributed by atoms with E-state index in [1.165, 1.54) is 5.56 Å². The third-order valence-corrected chi connectivity index (χ3v) is 5.57. The predicted molar refractivity (Wildman–Crippen MR) is 103 cm³/mol. The van der Waals surface area contributed by atoms with Gasteiger partial charge in [-0.15, -0.1) is 0 Å². The van der Waals surface area contributed by atoms with E-state index >= 15 is 0 Å². The first-order chi connectivity index (χ1) is 13.1. The SMILES string of the molecule is CN(C[C@@H]1Cc2ccccc2O1)C(=O)c1cn2c3c(cccc3c1=O)CC2. The number of fused-ring (bicyclic) bond motifs is 1. The van der Waals surface area contributed by atoms with Gasteiger partial charge in [0.1, 0.15) is 17.4 Å². The largest absolute Gasteiger partial charge is 0.488 e. The predicted octanol–water partition coefficient (Wildman–Crippen LogP) is 2.63. The number of ether oxygens (including phenoxy) is 1. The lowest BCUT2D eigenvalue weighted by atomic mass is 10.1. The minimum Gasteiger partial charge on any atom is -0.488 e. The van der Waals surface area contributed by atoms with Crippen LogP contribution in [0.2, 0.25) is 0 Å². The molecule has 2 aliphatic rings. The molecule has 5 heteroatoms. The Bertz CT molecular complexity index is 1110. The lowest BCUT2D eigenvalue weighted by Gasteiger charge is -2.21. The average Bonchev–Trinajstić information content (AvgIpc) is 3.28. The molecule has 5 rings (SSSR count). The van der Waals surface area contributed by atoms with Crippen LogP contribution in [0.1, 0.15) is 21.5 Å². The van der Waals surface area contributed by atoms with Crippen molar-refractivity contribution in [3.05, 3.63) is 75.6 Å². The molecular weight excluding hydrogens is 340 g/mol. The summed E-state index contributed by atoms with van der Waals surface area (Å²) in [6.07, 6.45) is 3.32. The van der Waals surface area contributed by atoms with Gasteiger partial charge >= 0.3 is 0 Å². The molecule has 3 aromatic rings. The van der Waals surface area contributed by atoms with Crippen LogP contribution in [0.4, 0.5) is 0 Å². The van der Waals surface area contributed by atoms with Gasteiger partial charge in [0.05, 0.1) is 12.1 Å². The number of rotatable bonds is 3. The Kier molecular flexibility index (Phi) is 3.57. The zero-order chi connectivity index (χ0) is 18.5. The highest BCUT2D eigenvalue weighted by atomic mass is 16.5.